The zero-order valence-corrected chi connectivity index (χ0v) is 15.7. The van der Waals surface area contributed by atoms with E-state index in [9.17, 15) is 0 Å². The predicted octanol–water partition coefficient (Wildman–Crippen LogP) is 1.50. The van der Waals surface area contributed by atoms with Crippen molar-refractivity contribution in [2.24, 2.45) is 0 Å². The Labute approximate surface area is 154 Å². The van der Waals surface area contributed by atoms with Gasteiger partial charge in [-0.1, -0.05) is 29.8 Å². The van der Waals surface area contributed by atoms with Crippen molar-refractivity contribution < 1.29 is 4.74 Å². The third-order valence-electron chi connectivity index (χ3n) is 5.50. The van der Waals surface area contributed by atoms with Gasteiger partial charge in [-0.3, -0.25) is 4.90 Å². The van der Waals surface area contributed by atoms with Crippen molar-refractivity contribution >= 4 is 0 Å². The van der Waals surface area contributed by atoms with Crippen LogP contribution in [0.2, 0.25) is 0 Å². The molecule has 2 saturated heterocycles. The molecule has 7 heteroatoms. The summed E-state index contributed by atoms with van der Waals surface area (Å²) in [5.41, 5.74) is 2.52. The van der Waals surface area contributed by atoms with E-state index >= 15 is 0 Å². The van der Waals surface area contributed by atoms with Gasteiger partial charge in [0.05, 0.1) is 18.7 Å². The van der Waals surface area contributed by atoms with Gasteiger partial charge in [-0.15, -0.1) is 5.10 Å². The number of ether oxygens (including phenoxy) is 1. The van der Waals surface area contributed by atoms with Crippen molar-refractivity contribution in [3.8, 4) is 0 Å². The Kier molecular flexibility index (Phi) is 5.28. The van der Waals surface area contributed by atoms with Crippen LogP contribution in [0.5, 0.6) is 0 Å². The topological polar surface area (TPSA) is 59.3 Å². The molecule has 3 heterocycles. The fourth-order valence-electron chi connectivity index (χ4n) is 3.87. The second kappa shape index (κ2) is 7.82. The first-order valence-corrected chi connectivity index (χ1v) is 9.57. The molecular formula is C19H28N6O. The first kappa shape index (κ1) is 17.6. The average Bonchev–Trinajstić information content (AvgIpc) is 3.32. The number of likely N-dealkylation sites (N-methyl/N-ethyl adjacent to an activating group) is 1. The summed E-state index contributed by atoms with van der Waals surface area (Å²) in [6, 6.07) is 8.85. The molecule has 0 unspecified atom stereocenters. The molecule has 1 aromatic carbocycles. The molecule has 4 rings (SSSR count). The SMILES string of the molecule is Cc1ccc([C@H](c2nnnn2C[C@H]2CCCO2)N2CCN(C)CC2)cc1. The van der Waals surface area contributed by atoms with Crippen molar-refractivity contribution in [3.63, 3.8) is 0 Å². The summed E-state index contributed by atoms with van der Waals surface area (Å²) in [4.78, 5) is 4.88. The lowest BCUT2D eigenvalue weighted by Gasteiger charge is -2.37. The van der Waals surface area contributed by atoms with E-state index in [1.54, 1.807) is 0 Å². The van der Waals surface area contributed by atoms with Crippen LogP contribution in [0.1, 0.15) is 35.8 Å². The van der Waals surface area contributed by atoms with Crippen LogP contribution < -0.4 is 0 Å². The molecule has 2 fully saturated rings. The molecule has 0 bridgehead atoms. The van der Waals surface area contributed by atoms with Crippen molar-refractivity contribution in [2.45, 2.75) is 38.5 Å². The quantitative estimate of drug-likeness (QED) is 0.809. The van der Waals surface area contributed by atoms with Gasteiger partial charge in [-0.05, 0) is 42.8 Å². The van der Waals surface area contributed by atoms with E-state index in [1.807, 2.05) is 4.68 Å². The molecule has 0 aliphatic carbocycles. The van der Waals surface area contributed by atoms with Gasteiger partial charge in [0.15, 0.2) is 5.82 Å². The highest BCUT2D eigenvalue weighted by Crippen LogP contribution is 2.28. The molecule has 1 aromatic heterocycles. The molecule has 0 N–H and O–H groups in total. The van der Waals surface area contributed by atoms with E-state index in [2.05, 4.69) is 63.6 Å². The smallest absolute Gasteiger partial charge is 0.173 e. The third kappa shape index (κ3) is 3.79. The monoisotopic (exact) mass is 356 g/mol. The van der Waals surface area contributed by atoms with Gasteiger partial charge in [0, 0.05) is 32.8 Å². The minimum absolute atomic E-state index is 0.0840. The number of benzene rings is 1. The zero-order valence-electron chi connectivity index (χ0n) is 15.7. The Morgan fingerprint density at radius 2 is 1.92 bits per heavy atom. The highest BCUT2D eigenvalue weighted by Gasteiger charge is 2.30. The predicted molar refractivity (Wildman–Crippen MR) is 98.9 cm³/mol. The van der Waals surface area contributed by atoms with Crippen LogP contribution in [0.3, 0.4) is 0 Å². The van der Waals surface area contributed by atoms with Gasteiger partial charge in [0.2, 0.25) is 0 Å². The van der Waals surface area contributed by atoms with Gasteiger partial charge in [-0.25, -0.2) is 4.68 Å². The molecule has 0 amide bonds. The Bertz CT molecular complexity index is 701. The minimum Gasteiger partial charge on any atom is -0.376 e. The Balaban J connectivity index is 1.64. The maximum absolute atomic E-state index is 5.81. The first-order valence-electron chi connectivity index (χ1n) is 9.57. The highest BCUT2D eigenvalue weighted by molar-refractivity contribution is 5.28. The van der Waals surface area contributed by atoms with Crippen LogP contribution in [0, 0.1) is 6.92 Å². The van der Waals surface area contributed by atoms with Crippen LogP contribution >= 0.6 is 0 Å². The average molecular weight is 356 g/mol. The van der Waals surface area contributed by atoms with Crippen LogP contribution in [-0.4, -0.2) is 75.9 Å². The Morgan fingerprint density at radius 1 is 1.15 bits per heavy atom. The molecule has 2 aliphatic heterocycles. The third-order valence-corrected chi connectivity index (χ3v) is 5.50. The molecule has 0 radical (unpaired) electrons. The van der Waals surface area contributed by atoms with Crippen molar-refractivity contribution in [1.29, 1.82) is 0 Å². The molecule has 2 aliphatic rings. The summed E-state index contributed by atoms with van der Waals surface area (Å²) in [7, 11) is 2.18. The van der Waals surface area contributed by atoms with Crippen LogP contribution in [-0.2, 0) is 11.3 Å². The fraction of sp³-hybridized carbons (Fsp3) is 0.632. The molecule has 2 atom stereocenters. The van der Waals surface area contributed by atoms with E-state index in [0.29, 0.717) is 0 Å². The first-order chi connectivity index (χ1) is 12.7. The molecule has 0 saturated carbocycles. The van der Waals surface area contributed by atoms with Crippen LogP contribution in [0.15, 0.2) is 24.3 Å². The minimum atomic E-state index is 0.0840. The summed E-state index contributed by atoms with van der Waals surface area (Å²) < 4.78 is 7.76. The van der Waals surface area contributed by atoms with E-state index < -0.39 is 0 Å². The molecule has 2 aromatic rings. The standard InChI is InChI=1S/C19H28N6O/c1-15-5-7-16(8-6-15)18(24-11-9-23(2)10-12-24)19-20-21-22-25(19)14-17-4-3-13-26-17/h5-8,17-18H,3-4,9-14H2,1-2H3/t17-,18-/m1/s1. The second-order valence-corrected chi connectivity index (χ2v) is 7.51. The molecular weight excluding hydrogens is 328 g/mol. The molecule has 7 nitrogen and oxygen atoms in total. The van der Waals surface area contributed by atoms with Crippen molar-refractivity contribution in [1.82, 2.24) is 30.0 Å². The van der Waals surface area contributed by atoms with Gasteiger partial charge in [0.1, 0.15) is 0 Å². The number of aromatic nitrogens is 4. The highest BCUT2D eigenvalue weighted by atomic mass is 16.5. The van der Waals surface area contributed by atoms with Crippen molar-refractivity contribution in [3.05, 3.63) is 41.2 Å². The largest absolute Gasteiger partial charge is 0.376 e. The normalized spacial score (nSPS) is 23.4. The van der Waals surface area contributed by atoms with Gasteiger partial charge >= 0.3 is 0 Å². The molecule has 140 valence electrons. The number of rotatable bonds is 5. The van der Waals surface area contributed by atoms with Gasteiger partial charge < -0.3 is 9.64 Å². The van der Waals surface area contributed by atoms with E-state index in [-0.39, 0.29) is 12.1 Å². The summed E-state index contributed by atoms with van der Waals surface area (Å²) in [6.45, 7) is 7.87. The number of tetrazole rings is 1. The second-order valence-electron chi connectivity index (χ2n) is 7.51. The summed E-state index contributed by atoms with van der Waals surface area (Å²) in [5, 5.41) is 12.7. The number of hydrogen-bond donors (Lipinski definition) is 0. The Hall–Kier alpha value is -1.83. The van der Waals surface area contributed by atoms with Crippen molar-refractivity contribution in [2.75, 3.05) is 39.8 Å². The zero-order chi connectivity index (χ0) is 17.9. The maximum atomic E-state index is 5.81. The number of aryl methyl sites for hydroxylation is 1. The van der Waals surface area contributed by atoms with Gasteiger partial charge in [0.25, 0.3) is 0 Å². The summed E-state index contributed by atoms with van der Waals surface area (Å²) in [6.07, 6.45) is 2.44. The maximum Gasteiger partial charge on any atom is 0.173 e. The molecule has 26 heavy (non-hydrogen) atoms. The summed E-state index contributed by atoms with van der Waals surface area (Å²) in [5.74, 6) is 0.925. The number of nitrogens with zero attached hydrogens (tertiary/aromatic N) is 6. The van der Waals surface area contributed by atoms with E-state index in [4.69, 9.17) is 4.74 Å². The fourth-order valence-corrected chi connectivity index (χ4v) is 3.87. The Morgan fingerprint density at radius 3 is 2.62 bits per heavy atom. The van der Waals surface area contributed by atoms with Crippen LogP contribution in [0.25, 0.3) is 0 Å². The lowest BCUT2D eigenvalue weighted by molar-refractivity contribution is 0.0879. The van der Waals surface area contributed by atoms with E-state index in [0.717, 1.165) is 58.0 Å². The van der Waals surface area contributed by atoms with Crippen LogP contribution in [0.4, 0.5) is 0 Å². The number of hydrogen-bond acceptors (Lipinski definition) is 6. The number of piperazine rings is 1. The van der Waals surface area contributed by atoms with Gasteiger partial charge in [-0.2, -0.15) is 0 Å². The summed E-state index contributed by atoms with van der Waals surface area (Å²) >= 11 is 0. The lowest BCUT2D eigenvalue weighted by atomic mass is 10.0. The molecule has 0 spiro atoms. The van der Waals surface area contributed by atoms with E-state index in [1.165, 1.54) is 11.1 Å². The lowest BCUT2D eigenvalue weighted by Crippen LogP contribution is -2.46.